The van der Waals surface area contributed by atoms with Crippen LogP contribution in [0.15, 0.2) is 36.7 Å². The van der Waals surface area contributed by atoms with Crippen LogP contribution in [0.3, 0.4) is 0 Å². The maximum absolute atomic E-state index is 13.3. The minimum Gasteiger partial charge on any atom is -0.383 e. The Bertz CT molecular complexity index is 892. The van der Waals surface area contributed by atoms with Crippen molar-refractivity contribution in [2.45, 2.75) is 6.18 Å². The van der Waals surface area contributed by atoms with E-state index in [1.807, 2.05) is 0 Å². The molecule has 3 rings (SSSR count). The summed E-state index contributed by atoms with van der Waals surface area (Å²) in [6.07, 6.45) is -2.11. The van der Waals surface area contributed by atoms with Crippen molar-refractivity contribution in [3.05, 3.63) is 53.2 Å². The number of alkyl halides is 3. The lowest BCUT2D eigenvalue weighted by Crippen LogP contribution is -2.09. The van der Waals surface area contributed by atoms with E-state index in [9.17, 15) is 17.6 Å². The van der Waals surface area contributed by atoms with Crippen molar-refractivity contribution in [1.82, 2.24) is 19.7 Å². The first kappa shape index (κ1) is 16.2. The Morgan fingerprint density at radius 3 is 2.38 bits per heavy atom. The number of hydrogen-bond donors (Lipinski definition) is 1. The Morgan fingerprint density at radius 1 is 1.12 bits per heavy atom. The first-order valence-electron chi connectivity index (χ1n) is 6.47. The summed E-state index contributed by atoms with van der Waals surface area (Å²) in [6.45, 7) is 0. The molecule has 2 N–H and O–H groups in total. The van der Waals surface area contributed by atoms with E-state index in [4.69, 9.17) is 17.3 Å². The first-order chi connectivity index (χ1) is 11.3. The van der Waals surface area contributed by atoms with Gasteiger partial charge in [-0.3, -0.25) is 0 Å². The summed E-state index contributed by atoms with van der Waals surface area (Å²) in [5.41, 5.74) is 4.16. The van der Waals surface area contributed by atoms with Gasteiger partial charge in [0.05, 0.1) is 10.6 Å². The summed E-state index contributed by atoms with van der Waals surface area (Å²) >= 11 is 5.66. The van der Waals surface area contributed by atoms with Gasteiger partial charge < -0.3 is 5.73 Å². The van der Waals surface area contributed by atoms with E-state index in [0.717, 1.165) is 22.9 Å². The standard InChI is InChI=1S/C14H8ClF4N5/c15-8-6-7(2-3-9(8)16)10-11(14(17,18)19)23-24(12(10)20)13-21-4-1-5-22-13/h1-6H,20H2. The van der Waals surface area contributed by atoms with Gasteiger partial charge in [0.2, 0.25) is 0 Å². The quantitative estimate of drug-likeness (QED) is 0.710. The molecule has 0 bridgehead atoms. The van der Waals surface area contributed by atoms with Gasteiger partial charge in [0.15, 0.2) is 5.69 Å². The Kier molecular flexibility index (Phi) is 3.88. The highest BCUT2D eigenvalue weighted by molar-refractivity contribution is 6.31. The van der Waals surface area contributed by atoms with Crippen LogP contribution < -0.4 is 5.73 Å². The van der Waals surface area contributed by atoms with E-state index in [0.29, 0.717) is 0 Å². The second-order valence-corrected chi connectivity index (χ2v) is 5.10. The zero-order chi connectivity index (χ0) is 17.5. The van der Waals surface area contributed by atoms with Crippen LogP contribution in [0.1, 0.15) is 5.69 Å². The van der Waals surface area contributed by atoms with Crippen LogP contribution in [0.5, 0.6) is 0 Å². The average Bonchev–Trinajstić information content (AvgIpc) is 2.89. The van der Waals surface area contributed by atoms with Crippen molar-refractivity contribution in [1.29, 1.82) is 0 Å². The molecule has 0 unspecified atom stereocenters. The van der Waals surface area contributed by atoms with Crippen LogP contribution in [0, 0.1) is 5.82 Å². The molecule has 1 aromatic carbocycles. The fraction of sp³-hybridized carbons (Fsp3) is 0.0714. The number of nitrogens with two attached hydrogens (primary N) is 1. The van der Waals surface area contributed by atoms with E-state index < -0.39 is 23.3 Å². The SMILES string of the molecule is Nc1c(-c2ccc(F)c(Cl)c2)c(C(F)(F)F)nn1-c1ncccn1. The second kappa shape index (κ2) is 5.75. The van der Waals surface area contributed by atoms with Crippen molar-refractivity contribution < 1.29 is 17.6 Å². The molecular weight excluding hydrogens is 350 g/mol. The molecule has 0 fully saturated rings. The Balaban J connectivity index is 2.28. The number of rotatable bonds is 2. The van der Waals surface area contributed by atoms with Crippen LogP contribution >= 0.6 is 11.6 Å². The summed E-state index contributed by atoms with van der Waals surface area (Å²) in [6, 6.07) is 4.64. The van der Waals surface area contributed by atoms with Crippen molar-refractivity contribution in [2.75, 3.05) is 5.73 Å². The predicted octanol–water partition coefficient (Wildman–Crippen LogP) is 3.72. The highest BCUT2D eigenvalue weighted by Crippen LogP contribution is 2.41. The third kappa shape index (κ3) is 2.78. The number of aromatic nitrogens is 4. The lowest BCUT2D eigenvalue weighted by Gasteiger charge is -2.07. The molecule has 5 nitrogen and oxygen atoms in total. The van der Waals surface area contributed by atoms with Gasteiger partial charge in [-0.15, -0.1) is 0 Å². The Labute approximate surface area is 137 Å². The van der Waals surface area contributed by atoms with E-state index >= 15 is 0 Å². The fourth-order valence-corrected chi connectivity index (χ4v) is 2.30. The number of anilines is 1. The van der Waals surface area contributed by atoms with Gasteiger partial charge >= 0.3 is 6.18 Å². The molecule has 0 saturated heterocycles. The van der Waals surface area contributed by atoms with Gasteiger partial charge in [-0.2, -0.15) is 23.0 Å². The van der Waals surface area contributed by atoms with Crippen LogP contribution in [0.25, 0.3) is 17.1 Å². The molecule has 124 valence electrons. The Hall–Kier alpha value is -2.68. The van der Waals surface area contributed by atoms with E-state index in [1.54, 1.807) is 0 Å². The van der Waals surface area contributed by atoms with Crippen LogP contribution in [-0.4, -0.2) is 19.7 Å². The minimum absolute atomic E-state index is 0.0200. The van der Waals surface area contributed by atoms with Crippen molar-refractivity contribution in [3.8, 4) is 17.1 Å². The highest BCUT2D eigenvalue weighted by atomic mass is 35.5. The first-order valence-corrected chi connectivity index (χ1v) is 6.85. The molecule has 0 atom stereocenters. The molecule has 3 aromatic rings. The third-order valence-corrected chi connectivity index (χ3v) is 3.43. The molecule has 0 saturated carbocycles. The largest absolute Gasteiger partial charge is 0.435 e. The summed E-state index contributed by atoms with van der Waals surface area (Å²) < 4.78 is 54.1. The zero-order valence-electron chi connectivity index (χ0n) is 11.7. The zero-order valence-corrected chi connectivity index (χ0v) is 12.5. The summed E-state index contributed by atoms with van der Waals surface area (Å²) in [5, 5.41) is 3.15. The van der Waals surface area contributed by atoms with Gasteiger partial charge in [-0.25, -0.2) is 14.4 Å². The Morgan fingerprint density at radius 2 is 1.79 bits per heavy atom. The lowest BCUT2D eigenvalue weighted by molar-refractivity contribution is -0.140. The van der Waals surface area contributed by atoms with E-state index in [1.165, 1.54) is 18.5 Å². The molecule has 24 heavy (non-hydrogen) atoms. The number of halogens is 5. The van der Waals surface area contributed by atoms with Crippen molar-refractivity contribution in [3.63, 3.8) is 0 Å². The molecule has 0 amide bonds. The third-order valence-electron chi connectivity index (χ3n) is 3.14. The van der Waals surface area contributed by atoms with Gasteiger partial charge in [0.25, 0.3) is 5.95 Å². The average molecular weight is 358 g/mol. The van der Waals surface area contributed by atoms with Crippen LogP contribution in [-0.2, 0) is 6.18 Å². The molecule has 0 radical (unpaired) electrons. The lowest BCUT2D eigenvalue weighted by atomic mass is 10.1. The van der Waals surface area contributed by atoms with Gasteiger partial charge in [0.1, 0.15) is 11.6 Å². The molecule has 10 heteroatoms. The topological polar surface area (TPSA) is 69.6 Å². The predicted molar refractivity (Wildman–Crippen MR) is 79.0 cm³/mol. The normalized spacial score (nSPS) is 11.7. The molecule has 2 heterocycles. The van der Waals surface area contributed by atoms with Crippen molar-refractivity contribution in [2.24, 2.45) is 0 Å². The number of nitrogens with zero attached hydrogens (tertiary/aromatic N) is 4. The maximum Gasteiger partial charge on any atom is 0.435 e. The summed E-state index contributed by atoms with van der Waals surface area (Å²) in [7, 11) is 0. The maximum atomic E-state index is 13.3. The molecule has 0 aliphatic rings. The minimum atomic E-state index is -4.79. The van der Waals surface area contributed by atoms with Gasteiger partial charge in [0, 0.05) is 12.4 Å². The van der Waals surface area contributed by atoms with E-state index in [2.05, 4.69) is 15.1 Å². The van der Waals surface area contributed by atoms with Gasteiger partial charge in [-0.05, 0) is 23.8 Å². The molecule has 0 spiro atoms. The summed E-state index contributed by atoms with van der Waals surface area (Å²) in [5.74, 6) is -1.22. The van der Waals surface area contributed by atoms with Crippen LogP contribution in [0.2, 0.25) is 5.02 Å². The molecule has 2 aromatic heterocycles. The molecule has 0 aliphatic carbocycles. The van der Waals surface area contributed by atoms with Crippen LogP contribution in [0.4, 0.5) is 23.4 Å². The monoisotopic (exact) mass is 357 g/mol. The summed E-state index contributed by atoms with van der Waals surface area (Å²) in [4.78, 5) is 7.66. The van der Waals surface area contributed by atoms with E-state index in [-0.39, 0.29) is 22.4 Å². The van der Waals surface area contributed by atoms with Crippen molar-refractivity contribution >= 4 is 17.4 Å². The number of benzene rings is 1. The second-order valence-electron chi connectivity index (χ2n) is 4.70. The highest BCUT2D eigenvalue weighted by Gasteiger charge is 2.40. The molecular formula is C14H8ClF4N5. The van der Waals surface area contributed by atoms with Gasteiger partial charge in [-0.1, -0.05) is 17.7 Å². The number of nitrogen functional groups attached to an aromatic ring is 1. The molecule has 0 aliphatic heterocycles. The number of hydrogen-bond acceptors (Lipinski definition) is 4. The fourth-order valence-electron chi connectivity index (χ4n) is 2.12. The smallest absolute Gasteiger partial charge is 0.383 e.